The number of aliphatic hydroxyl groups is 1. The monoisotopic (exact) mass is 333 g/mol. The smallest absolute Gasteiger partial charge is 0.126 e. The summed E-state index contributed by atoms with van der Waals surface area (Å²) >= 11 is 17.6. The number of aliphatic hydroxyl groups excluding tert-OH is 1. The fourth-order valence-electron chi connectivity index (χ4n) is 1.71. The Bertz CT molecular complexity index is 581. The quantitative estimate of drug-likeness (QED) is 0.831. The van der Waals surface area contributed by atoms with Gasteiger partial charge in [-0.1, -0.05) is 46.9 Å². The van der Waals surface area contributed by atoms with Crippen molar-refractivity contribution in [3.8, 4) is 0 Å². The topological polar surface area (TPSA) is 32.3 Å². The molecule has 0 spiro atoms. The summed E-state index contributed by atoms with van der Waals surface area (Å²) in [6.45, 7) is 0.187. The first kappa shape index (κ1) is 15.4. The Hall–Kier alpha value is -1.00. The molecule has 0 aliphatic heterocycles. The second-order valence-corrected chi connectivity index (χ2v) is 5.44. The Morgan fingerprint density at radius 3 is 2.15 bits per heavy atom. The summed E-state index contributed by atoms with van der Waals surface area (Å²) < 4.78 is 13.1. The van der Waals surface area contributed by atoms with E-state index in [-0.39, 0.29) is 16.6 Å². The molecule has 1 unspecified atom stereocenters. The Kier molecular flexibility index (Phi) is 5.11. The molecule has 0 aromatic heterocycles. The first-order valence-electron chi connectivity index (χ1n) is 5.79. The highest BCUT2D eigenvalue weighted by molar-refractivity contribution is 6.39. The number of hydrogen-bond acceptors (Lipinski definition) is 2. The largest absolute Gasteiger partial charge is 0.387 e. The van der Waals surface area contributed by atoms with E-state index >= 15 is 0 Å². The summed E-state index contributed by atoms with van der Waals surface area (Å²) in [5, 5.41) is 13.9. The average Bonchev–Trinajstić information content (AvgIpc) is 2.38. The second kappa shape index (κ2) is 6.64. The van der Waals surface area contributed by atoms with Gasteiger partial charge in [0.05, 0.1) is 21.8 Å². The Labute approximate surface area is 131 Å². The molecule has 1 atom stereocenters. The standard InChI is InChI=1S/C14H11Cl3FNO/c15-9-3-1-8(2-4-9)13(20)7-19-14-11(16)5-10(18)6-12(14)17/h1-6,13,19-20H,7H2. The van der Waals surface area contributed by atoms with E-state index in [2.05, 4.69) is 5.32 Å². The van der Waals surface area contributed by atoms with Crippen LogP contribution in [0.25, 0.3) is 0 Å². The maximum atomic E-state index is 13.1. The lowest BCUT2D eigenvalue weighted by molar-refractivity contribution is 0.191. The van der Waals surface area contributed by atoms with E-state index in [9.17, 15) is 9.50 Å². The average molecular weight is 335 g/mol. The summed E-state index contributed by atoms with van der Waals surface area (Å²) in [5.74, 6) is -0.510. The minimum absolute atomic E-state index is 0.165. The van der Waals surface area contributed by atoms with Gasteiger partial charge in [0.15, 0.2) is 0 Å². The normalized spacial score (nSPS) is 12.2. The highest BCUT2D eigenvalue weighted by Crippen LogP contribution is 2.31. The predicted octanol–water partition coefficient (Wildman–Crippen LogP) is 4.93. The first-order chi connectivity index (χ1) is 9.47. The molecular weight excluding hydrogens is 324 g/mol. The van der Waals surface area contributed by atoms with Crippen LogP contribution in [-0.4, -0.2) is 11.7 Å². The SMILES string of the molecule is OC(CNc1c(Cl)cc(F)cc1Cl)c1ccc(Cl)cc1. The summed E-state index contributed by atoms with van der Waals surface area (Å²) in [6.07, 6.45) is -0.760. The van der Waals surface area contributed by atoms with Crippen LogP contribution >= 0.6 is 34.8 Å². The van der Waals surface area contributed by atoms with Gasteiger partial charge in [0.25, 0.3) is 0 Å². The third-order valence-electron chi connectivity index (χ3n) is 2.73. The zero-order valence-corrected chi connectivity index (χ0v) is 12.5. The molecule has 0 aliphatic carbocycles. The lowest BCUT2D eigenvalue weighted by Gasteiger charge is -2.15. The van der Waals surface area contributed by atoms with Gasteiger partial charge >= 0.3 is 0 Å². The van der Waals surface area contributed by atoms with E-state index in [4.69, 9.17) is 34.8 Å². The molecule has 2 aromatic carbocycles. The minimum Gasteiger partial charge on any atom is -0.387 e. The van der Waals surface area contributed by atoms with Crippen LogP contribution in [0.4, 0.5) is 10.1 Å². The maximum absolute atomic E-state index is 13.1. The highest BCUT2D eigenvalue weighted by atomic mass is 35.5. The van der Waals surface area contributed by atoms with Crippen LogP contribution in [0.15, 0.2) is 36.4 Å². The van der Waals surface area contributed by atoms with Crippen molar-refractivity contribution in [3.63, 3.8) is 0 Å². The molecule has 20 heavy (non-hydrogen) atoms. The Morgan fingerprint density at radius 2 is 1.60 bits per heavy atom. The van der Waals surface area contributed by atoms with Crippen molar-refractivity contribution in [1.82, 2.24) is 0 Å². The minimum atomic E-state index is -0.760. The molecule has 106 valence electrons. The van der Waals surface area contributed by atoms with Crippen LogP contribution in [0.3, 0.4) is 0 Å². The number of benzene rings is 2. The van der Waals surface area contributed by atoms with Gasteiger partial charge in [-0.2, -0.15) is 0 Å². The number of rotatable bonds is 4. The van der Waals surface area contributed by atoms with Crippen molar-refractivity contribution in [3.05, 3.63) is 62.8 Å². The van der Waals surface area contributed by atoms with Crippen LogP contribution in [0.5, 0.6) is 0 Å². The fraction of sp³-hybridized carbons (Fsp3) is 0.143. The zero-order valence-electron chi connectivity index (χ0n) is 10.2. The molecular formula is C14H11Cl3FNO. The second-order valence-electron chi connectivity index (χ2n) is 4.19. The molecule has 0 amide bonds. The van der Waals surface area contributed by atoms with Crippen LogP contribution in [0, 0.1) is 5.82 Å². The third-order valence-corrected chi connectivity index (χ3v) is 3.58. The molecule has 2 N–H and O–H groups in total. The van der Waals surface area contributed by atoms with E-state index in [1.165, 1.54) is 0 Å². The van der Waals surface area contributed by atoms with Crippen molar-refractivity contribution in [1.29, 1.82) is 0 Å². The summed E-state index contributed by atoms with van der Waals surface area (Å²) in [6, 6.07) is 9.15. The number of hydrogen-bond donors (Lipinski definition) is 2. The molecule has 2 rings (SSSR count). The summed E-state index contributed by atoms with van der Waals surface area (Å²) in [7, 11) is 0. The maximum Gasteiger partial charge on any atom is 0.126 e. The van der Waals surface area contributed by atoms with Crippen molar-refractivity contribution >= 4 is 40.5 Å². The summed E-state index contributed by atoms with van der Waals surface area (Å²) in [5.41, 5.74) is 1.10. The van der Waals surface area contributed by atoms with Gasteiger partial charge in [-0.25, -0.2) is 4.39 Å². The van der Waals surface area contributed by atoms with Gasteiger partial charge in [0.1, 0.15) is 5.82 Å². The number of halogens is 4. The van der Waals surface area contributed by atoms with Gasteiger partial charge in [-0.15, -0.1) is 0 Å². The Morgan fingerprint density at radius 1 is 1.05 bits per heavy atom. The molecule has 0 radical (unpaired) electrons. The Balaban J connectivity index is 2.07. The van der Waals surface area contributed by atoms with E-state index in [0.29, 0.717) is 16.3 Å². The van der Waals surface area contributed by atoms with Crippen LogP contribution in [0.1, 0.15) is 11.7 Å². The summed E-state index contributed by atoms with van der Waals surface area (Å²) in [4.78, 5) is 0. The highest BCUT2D eigenvalue weighted by Gasteiger charge is 2.12. The van der Waals surface area contributed by atoms with Crippen LogP contribution in [-0.2, 0) is 0 Å². The lowest BCUT2D eigenvalue weighted by atomic mass is 10.1. The molecule has 0 bridgehead atoms. The van der Waals surface area contributed by atoms with E-state index < -0.39 is 11.9 Å². The lowest BCUT2D eigenvalue weighted by Crippen LogP contribution is -2.12. The molecule has 6 heteroatoms. The van der Waals surface area contributed by atoms with Gasteiger partial charge in [-0.3, -0.25) is 0 Å². The van der Waals surface area contributed by atoms with Gasteiger partial charge in [0, 0.05) is 11.6 Å². The molecule has 0 saturated carbocycles. The van der Waals surface area contributed by atoms with Crippen LogP contribution in [0.2, 0.25) is 15.1 Å². The predicted molar refractivity (Wildman–Crippen MR) is 81.3 cm³/mol. The van der Waals surface area contributed by atoms with Gasteiger partial charge < -0.3 is 10.4 Å². The molecule has 2 nitrogen and oxygen atoms in total. The van der Waals surface area contributed by atoms with Crippen molar-refractivity contribution < 1.29 is 9.50 Å². The third kappa shape index (κ3) is 3.76. The van der Waals surface area contributed by atoms with Crippen LogP contribution < -0.4 is 5.32 Å². The first-order valence-corrected chi connectivity index (χ1v) is 6.92. The molecule has 0 fully saturated rings. The molecule has 0 saturated heterocycles. The number of anilines is 1. The zero-order chi connectivity index (χ0) is 14.7. The fourth-order valence-corrected chi connectivity index (χ4v) is 2.43. The molecule has 0 aliphatic rings. The van der Waals surface area contributed by atoms with Crippen molar-refractivity contribution in [2.24, 2.45) is 0 Å². The van der Waals surface area contributed by atoms with Crippen molar-refractivity contribution in [2.45, 2.75) is 6.10 Å². The van der Waals surface area contributed by atoms with Crippen molar-refractivity contribution in [2.75, 3.05) is 11.9 Å². The van der Waals surface area contributed by atoms with E-state index in [1.54, 1.807) is 24.3 Å². The van der Waals surface area contributed by atoms with E-state index in [1.807, 2.05) is 0 Å². The number of nitrogens with one attached hydrogen (secondary N) is 1. The van der Waals surface area contributed by atoms with Gasteiger partial charge in [-0.05, 0) is 29.8 Å². The molecule has 2 aromatic rings. The van der Waals surface area contributed by atoms with E-state index in [0.717, 1.165) is 12.1 Å². The van der Waals surface area contributed by atoms with Gasteiger partial charge in [0.2, 0.25) is 0 Å². The molecule has 0 heterocycles.